The minimum Gasteiger partial charge on any atom is -0.497 e. The average Bonchev–Trinajstić information content (AvgIpc) is 3.73. The number of tetrazole rings is 1. The second kappa shape index (κ2) is 12.2. The van der Waals surface area contributed by atoms with E-state index in [0.717, 1.165) is 49.8 Å². The molecule has 2 atom stereocenters. The van der Waals surface area contributed by atoms with E-state index in [9.17, 15) is 9.59 Å². The number of hydrogen-bond acceptors (Lipinski definition) is 8. The molecule has 2 fully saturated rings. The lowest BCUT2D eigenvalue weighted by molar-refractivity contribution is -0.144. The van der Waals surface area contributed by atoms with Gasteiger partial charge in [0.25, 0.3) is 5.91 Å². The lowest BCUT2D eigenvalue weighted by Crippen LogP contribution is -2.49. The summed E-state index contributed by atoms with van der Waals surface area (Å²) in [5.74, 6) is 0.957. The largest absolute Gasteiger partial charge is 0.497 e. The van der Waals surface area contributed by atoms with Crippen molar-refractivity contribution in [2.24, 2.45) is 0 Å². The Morgan fingerprint density at radius 3 is 2.63 bits per heavy atom. The van der Waals surface area contributed by atoms with Crippen molar-refractivity contribution in [2.75, 3.05) is 20.3 Å². The molecule has 202 valence electrons. The van der Waals surface area contributed by atoms with Gasteiger partial charge in [0, 0.05) is 24.8 Å². The zero-order valence-electron chi connectivity index (χ0n) is 21.6. The molecule has 11 heteroatoms. The van der Waals surface area contributed by atoms with Crippen LogP contribution >= 0.6 is 0 Å². The van der Waals surface area contributed by atoms with Crippen molar-refractivity contribution in [3.63, 3.8) is 0 Å². The Balaban J connectivity index is 1.37. The molecule has 0 bridgehead atoms. The highest BCUT2D eigenvalue weighted by atomic mass is 16.5. The molecule has 0 unspecified atom stereocenters. The number of carbonyl (C=O) groups excluding carboxylic acids is 2. The molecule has 1 aromatic carbocycles. The summed E-state index contributed by atoms with van der Waals surface area (Å²) >= 11 is 0. The Labute approximate surface area is 221 Å². The predicted molar refractivity (Wildman–Crippen MR) is 137 cm³/mol. The van der Waals surface area contributed by atoms with E-state index in [4.69, 9.17) is 13.9 Å². The van der Waals surface area contributed by atoms with Crippen molar-refractivity contribution in [3.8, 4) is 17.1 Å². The Kier molecular flexibility index (Phi) is 8.32. The van der Waals surface area contributed by atoms with E-state index in [2.05, 4.69) is 20.7 Å². The molecule has 2 aromatic heterocycles. The van der Waals surface area contributed by atoms with Gasteiger partial charge in [-0.15, -0.1) is 10.2 Å². The molecule has 2 aliphatic rings. The van der Waals surface area contributed by atoms with E-state index in [1.165, 1.54) is 17.5 Å². The molecular weight excluding hydrogens is 488 g/mol. The van der Waals surface area contributed by atoms with Gasteiger partial charge in [0.15, 0.2) is 6.04 Å². The molecule has 1 aliphatic heterocycles. The first-order valence-electron chi connectivity index (χ1n) is 13.3. The fraction of sp³-hybridized carbons (Fsp3) is 0.519. The quantitative estimate of drug-likeness (QED) is 0.431. The number of carbonyl (C=O) groups is 2. The Hall–Kier alpha value is -3.73. The van der Waals surface area contributed by atoms with Crippen molar-refractivity contribution in [1.82, 2.24) is 30.4 Å². The summed E-state index contributed by atoms with van der Waals surface area (Å²) < 4.78 is 16.7. The molecule has 1 aliphatic carbocycles. The van der Waals surface area contributed by atoms with E-state index in [-0.39, 0.29) is 37.0 Å². The van der Waals surface area contributed by atoms with Crippen LogP contribution in [0.3, 0.4) is 0 Å². The molecule has 11 nitrogen and oxygen atoms in total. The van der Waals surface area contributed by atoms with Crippen molar-refractivity contribution >= 4 is 11.8 Å². The molecule has 1 N–H and O–H groups in total. The Morgan fingerprint density at radius 1 is 1.13 bits per heavy atom. The van der Waals surface area contributed by atoms with Crippen LogP contribution in [-0.2, 0) is 20.9 Å². The molecule has 3 aromatic rings. The highest BCUT2D eigenvalue weighted by Crippen LogP contribution is 2.27. The number of nitrogens with zero attached hydrogens (tertiary/aromatic N) is 5. The zero-order valence-corrected chi connectivity index (χ0v) is 21.6. The summed E-state index contributed by atoms with van der Waals surface area (Å²) in [7, 11) is 1.60. The van der Waals surface area contributed by atoms with Crippen molar-refractivity contribution < 1.29 is 23.5 Å². The van der Waals surface area contributed by atoms with Crippen LogP contribution in [0.25, 0.3) is 11.4 Å². The zero-order chi connectivity index (χ0) is 26.3. The van der Waals surface area contributed by atoms with Crippen LogP contribution in [0.5, 0.6) is 5.75 Å². The maximum Gasteiger partial charge on any atom is 0.250 e. The van der Waals surface area contributed by atoms with Gasteiger partial charge in [-0.1, -0.05) is 19.3 Å². The summed E-state index contributed by atoms with van der Waals surface area (Å²) in [6.07, 6.45) is 8.33. The number of ether oxygens (including phenoxy) is 2. The van der Waals surface area contributed by atoms with E-state index in [1.807, 2.05) is 24.3 Å². The van der Waals surface area contributed by atoms with Crippen LogP contribution in [0.1, 0.15) is 56.7 Å². The smallest absolute Gasteiger partial charge is 0.250 e. The number of amides is 2. The van der Waals surface area contributed by atoms with Crippen LogP contribution in [0.15, 0.2) is 47.1 Å². The first kappa shape index (κ1) is 25.9. The number of hydrogen-bond donors (Lipinski definition) is 1. The lowest BCUT2D eigenvalue weighted by atomic mass is 9.95. The van der Waals surface area contributed by atoms with Crippen LogP contribution in [0.4, 0.5) is 0 Å². The monoisotopic (exact) mass is 522 g/mol. The molecule has 5 rings (SSSR count). The SMILES string of the molecule is COc1ccc(-c2nnn(CC(=O)N(C[C@H]3CCCO3)[C@@H](C(=O)NC3CCCCC3)c3ccco3)n2)cc1. The molecule has 2 amide bonds. The third-order valence-corrected chi connectivity index (χ3v) is 7.15. The number of nitrogens with one attached hydrogen (secondary N) is 1. The van der Waals surface area contributed by atoms with Gasteiger partial charge in [0.05, 0.1) is 19.5 Å². The molecule has 1 saturated carbocycles. The Bertz CT molecular complexity index is 1180. The standard InChI is InChI=1S/C27H34N6O5/c1-36-21-13-11-19(12-14-21)26-29-31-33(30-26)18-24(34)32(17-22-9-5-15-37-22)25(23-10-6-16-38-23)27(35)28-20-7-3-2-4-8-20/h6,10-14,16,20,22,25H,2-5,7-9,15,17-18H2,1H3,(H,28,35)/t22-,25-/m1/s1. The number of rotatable bonds is 10. The van der Waals surface area contributed by atoms with Gasteiger partial charge in [-0.3, -0.25) is 9.59 Å². The second-order valence-electron chi connectivity index (χ2n) is 9.81. The van der Waals surface area contributed by atoms with Gasteiger partial charge in [-0.25, -0.2) is 0 Å². The Morgan fingerprint density at radius 2 is 1.95 bits per heavy atom. The first-order valence-corrected chi connectivity index (χ1v) is 13.3. The van der Waals surface area contributed by atoms with E-state index < -0.39 is 6.04 Å². The van der Waals surface area contributed by atoms with Crippen LogP contribution in [0, 0.1) is 0 Å². The third-order valence-electron chi connectivity index (χ3n) is 7.15. The normalized spacial score (nSPS) is 18.7. The lowest BCUT2D eigenvalue weighted by Gasteiger charge is -2.33. The minimum atomic E-state index is -0.923. The number of benzene rings is 1. The number of methoxy groups -OCH3 is 1. The van der Waals surface area contributed by atoms with Gasteiger partial charge >= 0.3 is 0 Å². The van der Waals surface area contributed by atoms with Crippen molar-refractivity contribution in [2.45, 2.75) is 69.7 Å². The van der Waals surface area contributed by atoms with Gasteiger partial charge in [-0.05, 0) is 67.3 Å². The summed E-state index contributed by atoms with van der Waals surface area (Å²) in [5, 5.41) is 15.8. The summed E-state index contributed by atoms with van der Waals surface area (Å²) in [6, 6.07) is 9.90. The maximum atomic E-state index is 13.8. The fourth-order valence-corrected chi connectivity index (χ4v) is 5.13. The van der Waals surface area contributed by atoms with Gasteiger partial charge in [0.2, 0.25) is 11.7 Å². The molecule has 38 heavy (non-hydrogen) atoms. The summed E-state index contributed by atoms with van der Waals surface area (Å²) in [5.41, 5.74) is 0.751. The molecule has 0 radical (unpaired) electrons. The van der Waals surface area contributed by atoms with Crippen LogP contribution < -0.4 is 10.1 Å². The van der Waals surface area contributed by atoms with E-state index >= 15 is 0 Å². The second-order valence-corrected chi connectivity index (χ2v) is 9.81. The van der Waals surface area contributed by atoms with Crippen LogP contribution in [0.2, 0.25) is 0 Å². The number of furan rings is 1. The average molecular weight is 523 g/mol. The molecular formula is C27H34N6O5. The van der Waals surface area contributed by atoms with Crippen LogP contribution in [-0.4, -0.2) is 69.3 Å². The predicted octanol–water partition coefficient (Wildman–Crippen LogP) is 3.14. The highest BCUT2D eigenvalue weighted by molar-refractivity contribution is 5.88. The first-order chi connectivity index (χ1) is 18.6. The van der Waals surface area contributed by atoms with Gasteiger partial charge in [0.1, 0.15) is 18.1 Å². The maximum absolute atomic E-state index is 13.8. The fourth-order valence-electron chi connectivity index (χ4n) is 5.13. The molecule has 0 spiro atoms. The van der Waals surface area contributed by atoms with E-state index in [1.54, 1.807) is 24.1 Å². The van der Waals surface area contributed by atoms with Crippen molar-refractivity contribution in [3.05, 3.63) is 48.4 Å². The summed E-state index contributed by atoms with van der Waals surface area (Å²) in [6.45, 7) is 0.731. The third kappa shape index (κ3) is 6.21. The highest BCUT2D eigenvalue weighted by Gasteiger charge is 2.37. The van der Waals surface area contributed by atoms with E-state index in [0.29, 0.717) is 18.2 Å². The molecule has 1 saturated heterocycles. The number of aromatic nitrogens is 4. The summed E-state index contributed by atoms with van der Waals surface area (Å²) in [4.78, 5) is 30.2. The minimum absolute atomic E-state index is 0.0948. The van der Waals surface area contributed by atoms with Crippen molar-refractivity contribution in [1.29, 1.82) is 0 Å². The van der Waals surface area contributed by atoms with Gasteiger partial charge < -0.3 is 24.1 Å². The molecule has 3 heterocycles. The van der Waals surface area contributed by atoms with Gasteiger partial charge in [-0.2, -0.15) is 4.80 Å². The topological polar surface area (TPSA) is 125 Å².